The van der Waals surface area contributed by atoms with Gasteiger partial charge in [0.05, 0.1) is 13.2 Å². The summed E-state index contributed by atoms with van der Waals surface area (Å²) in [5.74, 6) is 4.10. The van der Waals surface area contributed by atoms with Gasteiger partial charge in [-0.25, -0.2) is 0 Å². The summed E-state index contributed by atoms with van der Waals surface area (Å²) in [7, 11) is 1.72. The van der Waals surface area contributed by atoms with E-state index in [0.29, 0.717) is 5.92 Å². The lowest BCUT2D eigenvalue weighted by Crippen LogP contribution is -2.55. The second kappa shape index (κ2) is 4.77. The Morgan fingerprint density at radius 3 is 2.38 bits per heavy atom. The van der Waals surface area contributed by atoms with Crippen LogP contribution in [0.25, 0.3) is 0 Å². The highest BCUT2D eigenvalue weighted by molar-refractivity contribution is 5.36. The number of methoxy groups -OCH3 is 1. The molecule has 0 amide bonds. The molecule has 0 aliphatic heterocycles. The van der Waals surface area contributed by atoms with Gasteiger partial charge < -0.3 is 4.74 Å². The Labute approximate surface area is 127 Å². The van der Waals surface area contributed by atoms with Crippen LogP contribution in [-0.2, 0) is 5.41 Å². The quantitative estimate of drug-likeness (QED) is 0.827. The monoisotopic (exact) mass is 281 g/mol. The molecule has 0 heterocycles. The van der Waals surface area contributed by atoms with Gasteiger partial charge in [-0.1, -0.05) is 12.1 Å². The van der Waals surface area contributed by atoms with E-state index in [-0.39, 0.29) is 5.41 Å². The fourth-order valence-electron chi connectivity index (χ4n) is 5.98. The normalized spacial score (nSPS) is 40.0. The molecule has 4 fully saturated rings. The maximum Gasteiger partial charge on any atom is 0.118 e. The lowest BCUT2D eigenvalue weighted by molar-refractivity contribution is -0.0596. The van der Waals surface area contributed by atoms with E-state index in [4.69, 9.17) is 4.74 Å². The molecule has 5 rings (SSSR count). The van der Waals surface area contributed by atoms with Gasteiger partial charge in [0.15, 0.2) is 0 Å². The van der Waals surface area contributed by atoms with Gasteiger partial charge in [0.1, 0.15) is 5.75 Å². The number of rotatable bonds is 3. The van der Waals surface area contributed by atoms with Gasteiger partial charge in [-0.05, 0) is 78.9 Å². The maximum atomic E-state index is 9.32. The number of hydrogen-bond donors (Lipinski definition) is 0. The Morgan fingerprint density at radius 2 is 1.81 bits per heavy atom. The van der Waals surface area contributed by atoms with Crippen LogP contribution in [0.15, 0.2) is 24.3 Å². The molecule has 0 saturated heterocycles. The van der Waals surface area contributed by atoms with Crippen molar-refractivity contribution in [3.63, 3.8) is 0 Å². The molecule has 4 saturated carbocycles. The Balaban J connectivity index is 1.76. The van der Waals surface area contributed by atoms with Crippen molar-refractivity contribution >= 4 is 0 Å². The van der Waals surface area contributed by atoms with Crippen molar-refractivity contribution in [3.8, 4) is 11.8 Å². The first-order valence-electron chi connectivity index (χ1n) is 8.26. The molecule has 4 aliphatic carbocycles. The van der Waals surface area contributed by atoms with E-state index in [1.807, 2.05) is 0 Å². The molecule has 1 aromatic carbocycles. The van der Waals surface area contributed by atoms with Gasteiger partial charge in [-0.3, -0.25) is 0 Å². The Bertz CT molecular complexity index is 556. The lowest BCUT2D eigenvalue weighted by Gasteiger charge is -2.61. The topological polar surface area (TPSA) is 33.0 Å². The van der Waals surface area contributed by atoms with Crippen molar-refractivity contribution in [3.05, 3.63) is 29.8 Å². The van der Waals surface area contributed by atoms with E-state index >= 15 is 0 Å². The predicted octanol–water partition coefficient (Wildman–Crippen LogP) is 4.30. The largest absolute Gasteiger partial charge is 0.497 e. The van der Waals surface area contributed by atoms with Crippen molar-refractivity contribution in [1.29, 1.82) is 5.26 Å². The molecule has 0 N–H and O–H groups in total. The zero-order valence-corrected chi connectivity index (χ0v) is 12.7. The first-order chi connectivity index (χ1) is 10.2. The summed E-state index contributed by atoms with van der Waals surface area (Å²) in [6.07, 6.45) is 7.53. The maximum absolute atomic E-state index is 9.32. The molecule has 2 heteroatoms. The highest BCUT2D eigenvalue weighted by Gasteiger charge is 2.57. The zero-order valence-electron chi connectivity index (χ0n) is 12.7. The number of hydrogen-bond acceptors (Lipinski definition) is 2. The molecule has 0 radical (unpaired) electrons. The third-order valence-electron chi connectivity index (χ3n) is 6.50. The van der Waals surface area contributed by atoms with Gasteiger partial charge in [0, 0.05) is 6.42 Å². The molecule has 21 heavy (non-hydrogen) atoms. The Morgan fingerprint density at radius 1 is 1.14 bits per heavy atom. The van der Waals surface area contributed by atoms with Crippen molar-refractivity contribution in [2.24, 2.45) is 23.7 Å². The molecular formula is C19H23NO. The van der Waals surface area contributed by atoms with Crippen LogP contribution in [0.3, 0.4) is 0 Å². The third kappa shape index (κ3) is 1.90. The van der Waals surface area contributed by atoms with Crippen LogP contribution in [0.4, 0.5) is 0 Å². The van der Waals surface area contributed by atoms with Crippen LogP contribution in [0.1, 0.15) is 44.1 Å². The zero-order chi connectivity index (χ0) is 14.4. The average molecular weight is 281 g/mol. The van der Waals surface area contributed by atoms with Crippen LogP contribution in [0.5, 0.6) is 5.75 Å². The predicted molar refractivity (Wildman–Crippen MR) is 81.9 cm³/mol. The second-order valence-corrected chi connectivity index (χ2v) is 7.46. The molecule has 4 aliphatic rings. The second-order valence-electron chi connectivity index (χ2n) is 7.46. The summed E-state index contributed by atoms with van der Waals surface area (Å²) in [5, 5.41) is 9.32. The van der Waals surface area contributed by atoms with Gasteiger partial charge >= 0.3 is 0 Å². The van der Waals surface area contributed by atoms with Crippen molar-refractivity contribution in [1.82, 2.24) is 0 Å². The minimum absolute atomic E-state index is 0.275. The minimum Gasteiger partial charge on any atom is -0.497 e. The van der Waals surface area contributed by atoms with Crippen molar-refractivity contribution in [2.75, 3.05) is 7.11 Å². The number of nitrogens with zero attached hydrogens (tertiary/aromatic N) is 1. The van der Waals surface area contributed by atoms with Gasteiger partial charge in [-0.2, -0.15) is 5.26 Å². The Kier molecular flexibility index (Phi) is 2.99. The highest BCUT2D eigenvalue weighted by atomic mass is 16.5. The van der Waals surface area contributed by atoms with E-state index in [1.54, 1.807) is 7.11 Å². The van der Waals surface area contributed by atoms with E-state index in [2.05, 4.69) is 30.3 Å². The number of benzene rings is 1. The summed E-state index contributed by atoms with van der Waals surface area (Å²) in [4.78, 5) is 0. The summed E-state index contributed by atoms with van der Waals surface area (Å²) in [6, 6.07) is 11.2. The molecule has 3 unspecified atom stereocenters. The van der Waals surface area contributed by atoms with Crippen molar-refractivity contribution < 1.29 is 4.74 Å². The molecular weight excluding hydrogens is 258 g/mol. The van der Waals surface area contributed by atoms with Crippen LogP contribution in [-0.4, -0.2) is 7.11 Å². The highest BCUT2D eigenvalue weighted by Crippen LogP contribution is 2.64. The van der Waals surface area contributed by atoms with E-state index in [0.717, 1.165) is 29.9 Å². The fourth-order valence-corrected chi connectivity index (χ4v) is 5.98. The summed E-state index contributed by atoms with van der Waals surface area (Å²) >= 11 is 0. The van der Waals surface area contributed by atoms with E-state index < -0.39 is 0 Å². The molecule has 0 spiro atoms. The first kappa shape index (κ1) is 13.2. The molecule has 4 bridgehead atoms. The fraction of sp³-hybridized carbons (Fsp3) is 0.632. The minimum atomic E-state index is 0.275. The first-order valence-corrected chi connectivity index (χ1v) is 8.26. The van der Waals surface area contributed by atoms with Crippen molar-refractivity contribution in [2.45, 2.75) is 43.9 Å². The van der Waals surface area contributed by atoms with E-state index in [1.165, 1.54) is 37.7 Å². The van der Waals surface area contributed by atoms with Crippen LogP contribution in [0.2, 0.25) is 0 Å². The summed E-state index contributed by atoms with van der Waals surface area (Å²) < 4.78 is 5.31. The molecule has 0 aromatic heterocycles. The van der Waals surface area contributed by atoms with Gasteiger partial charge in [-0.15, -0.1) is 0 Å². The standard InChI is InChI=1S/C19H23NO/c1-21-17-4-2-16(3-5-17)19-11-13-8-14(12-19)10-15(9-13)18(19)6-7-20/h2-5,13-15,18H,6,8-12H2,1H3. The van der Waals surface area contributed by atoms with E-state index in [9.17, 15) is 5.26 Å². The third-order valence-corrected chi connectivity index (χ3v) is 6.50. The molecule has 1 aromatic rings. The number of ether oxygens (including phenoxy) is 1. The van der Waals surface area contributed by atoms with Crippen LogP contribution < -0.4 is 4.74 Å². The van der Waals surface area contributed by atoms with Gasteiger partial charge in [0.2, 0.25) is 0 Å². The summed E-state index contributed by atoms with van der Waals surface area (Å²) in [5.41, 5.74) is 1.74. The Hall–Kier alpha value is -1.49. The van der Waals surface area contributed by atoms with Crippen LogP contribution >= 0.6 is 0 Å². The molecule has 3 atom stereocenters. The number of nitriles is 1. The lowest BCUT2D eigenvalue weighted by atomic mass is 9.43. The van der Waals surface area contributed by atoms with Gasteiger partial charge in [0.25, 0.3) is 0 Å². The SMILES string of the molecule is COc1ccc(C23CC4CC(CC(C4)C2CC#N)C3)cc1. The molecule has 2 nitrogen and oxygen atoms in total. The smallest absolute Gasteiger partial charge is 0.118 e. The molecule has 110 valence electrons. The van der Waals surface area contributed by atoms with Crippen LogP contribution in [0, 0.1) is 35.0 Å². The summed E-state index contributed by atoms with van der Waals surface area (Å²) in [6.45, 7) is 0. The average Bonchev–Trinajstić information content (AvgIpc) is 2.50.